The fourth-order valence-corrected chi connectivity index (χ4v) is 4.93. The molecule has 0 aliphatic carbocycles. The lowest BCUT2D eigenvalue weighted by molar-refractivity contribution is -0.135. The van der Waals surface area contributed by atoms with Crippen molar-refractivity contribution < 1.29 is 19.1 Å². The van der Waals surface area contributed by atoms with Gasteiger partial charge in [0.25, 0.3) is 0 Å². The van der Waals surface area contributed by atoms with Crippen molar-refractivity contribution in [2.24, 2.45) is 0 Å². The number of terminal acetylenes is 1. The number of hydrogen-bond acceptors (Lipinski definition) is 5. The van der Waals surface area contributed by atoms with Gasteiger partial charge in [-0.1, -0.05) is 81.5 Å². The Bertz CT molecular complexity index is 1630. The molecule has 45 heavy (non-hydrogen) atoms. The molecule has 230 valence electrons. The summed E-state index contributed by atoms with van der Waals surface area (Å²) in [6, 6.07) is 20.7. The van der Waals surface area contributed by atoms with Crippen LogP contribution in [-0.2, 0) is 9.59 Å². The zero-order valence-electron chi connectivity index (χ0n) is 26.4. The number of ether oxygens (including phenoxy) is 2. The number of carbonyl (C=O) groups is 2. The van der Waals surface area contributed by atoms with Crippen LogP contribution < -0.4 is 9.47 Å². The van der Waals surface area contributed by atoms with E-state index in [1.807, 2.05) is 62.4 Å². The second-order valence-electron chi connectivity index (χ2n) is 11.1. The van der Waals surface area contributed by atoms with Crippen LogP contribution in [0.15, 0.2) is 91.5 Å². The summed E-state index contributed by atoms with van der Waals surface area (Å²) in [6.07, 6.45) is 16.3. The average Bonchev–Trinajstić information content (AvgIpc) is 3.02. The number of hydrogen-bond donors (Lipinski definition) is 0. The number of carbonyl (C=O) groups excluding carboxylic acids is 2. The molecule has 0 bridgehead atoms. The predicted octanol–water partition coefficient (Wildman–Crippen LogP) is 9.62. The number of esters is 2. The number of unbranched alkanes of at least 4 members (excludes halogenated alkanes) is 6. The maximum absolute atomic E-state index is 12.3. The molecule has 5 nitrogen and oxygen atoms in total. The van der Waals surface area contributed by atoms with E-state index in [1.54, 1.807) is 24.3 Å². The lowest BCUT2D eigenvalue weighted by atomic mass is 9.99. The Balaban J connectivity index is 1.26. The Morgan fingerprint density at radius 3 is 1.80 bits per heavy atom. The van der Waals surface area contributed by atoms with Crippen molar-refractivity contribution >= 4 is 17.5 Å². The lowest BCUT2D eigenvalue weighted by Crippen LogP contribution is -2.08. The SMILES string of the molecule is C#CC(=C)/C=C\C(=C)c1ccc(OC(=O)CCCCCCCCCC(=O)Oc2ccc(-c3ccc(C#N)cc3)c(C)c2)cc1C. The van der Waals surface area contributed by atoms with Crippen LogP contribution in [-0.4, -0.2) is 11.9 Å². The first kappa shape index (κ1) is 34.4. The molecule has 0 heterocycles. The Hall–Kier alpha value is -5.13. The predicted molar refractivity (Wildman–Crippen MR) is 181 cm³/mol. The van der Waals surface area contributed by atoms with Crippen LogP contribution in [0.1, 0.15) is 80.0 Å². The smallest absolute Gasteiger partial charge is 0.311 e. The van der Waals surface area contributed by atoms with Gasteiger partial charge < -0.3 is 9.47 Å². The van der Waals surface area contributed by atoms with E-state index in [-0.39, 0.29) is 11.9 Å². The van der Waals surface area contributed by atoms with E-state index < -0.39 is 0 Å². The highest BCUT2D eigenvalue weighted by atomic mass is 16.5. The van der Waals surface area contributed by atoms with Gasteiger partial charge in [-0.3, -0.25) is 9.59 Å². The molecule has 3 aromatic carbocycles. The average molecular weight is 600 g/mol. The molecule has 3 rings (SSSR count). The number of nitrogens with zero attached hydrogens (tertiary/aromatic N) is 1. The minimum Gasteiger partial charge on any atom is -0.427 e. The van der Waals surface area contributed by atoms with Gasteiger partial charge in [0.05, 0.1) is 11.6 Å². The minimum absolute atomic E-state index is 0.225. The standard InChI is InChI=1S/C40H41NO4/c1-6-29(2)16-17-30(3)37-24-22-35(26-31(37)4)44-39(42)14-12-10-8-7-9-11-13-15-40(43)45-36-23-25-38(32(5)27-36)34-20-18-33(28-41)19-21-34/h1,16-27H,2-3,7-15H2,4-5H3/b17-16-. The maximum Gasteiger partial charge on any atom is 0.311 e. The van der Waals surface area contributed by atoms with Crippen molar-refractivity contribution in [1.29, 1.82) is 5.26 Å². The number of rotatable bonds is 16. The van der Waals surface area contributed by atoms with Crippen molar-refractivity contribution in [2.75, 3.05) is 0 Å². The Morgan fingerprint density at radius 2 is 1.29 bits per heavy atom. The normalized spacial score (nSPS) is 10.6. The molecule has 0 saturated carbocycles. The van der Waals surface area contributed by atoms with Crippen molar-refractivity contribution in [3.05, 3.63) is 114 Å². The number of benzene rings is 3. The Kier molecular flexibility index (Phi) is 13.6. The van der Waals surface area contributed by atoms with Crippen molar-refractivity contribution in [2.45, 2.75) is 71.6 Å². The second kappa shape index (κ2) is 17.9. The quantitative estimate of drug-likeness (QED) is 0.0539. The first-order valence-electron chi connectivity index (χ1n) is 15.4. The summed E-state index contributed by atoms with van der Waals surface area (Å²) in [5, 5.41) is 8.99. The second-order valence-corrected chi connectivity index (χ2v) is 11.1. The fraction of sp³-hybridized carbons (Fsp3) is 0.275. The molecule has 0 unspecified atom stereocenters. The highest BCUT2D eigenvalue weighted by Gasteiger charge is 2.10. The van der Waals surface area contributed by atoms with Gasteiger partial charge in [-0.25, -0.2) is 0 Å². The molecule has 0 saturated heterocycles. The number of nitriles is 1. The minimum atomic E-state index is -0.233. The molecular formula is C40H41NO4. The van der Waals surface area contributed by atoms with E-state index in [0.29, 0.717) is 35.5 Å². The van der Waals surface area contributed by atoms with Gasteiger partial charge in [0.15, 0.2) is 0 Å². The van der Waals surface area contributed by atoms with Gasteiger partial charge in [0.1, 0.15) is 11.5 Å². The van der Waals surface area contributed by atoms with Gasteiger partial charge in [-0.15, -0.1) is 6.42 Å². The Morgan fingerprint density at radius 1 is 0.756 bits per heavy atom. The molecule has 0 aliphatic rings. The summed E-state index contributed by atoms with van der Waals surface area (Å²) in [5.74, 6) is 3.09. The van der Waals surface area contributed by atoms with Crippen molar-refractivity contribution in [3.63, 3.8) is 0 Å². The summed E-state index contributed by atoms with van der Waals surface area (Å²) >= 11 is 0. The van der Waals surface area contributed by atoms with E-state index in [1.165, 1.54) is 0 Å². The van der Waals surface area contributed by atoms with Crippen LogP contribution in [0.2, 0.25) is 0 Å². The van der Waals surface area contributed by atoms with E-state index in [4.69, 9.17) is 21.2 Å². The maximum atomic E-state index is 12.3. The third-order valence-corrected chi connectivity index (χ3v) is 7.46. The van der Waals surface area contributed by atoms with Crippen molar-refractivity contribution in [1.82, 2.24) is 0 Å². The molecule has 0 radical (unpaired) electrons. The van der Waals surface area contributed by atoms with E-state index in [0.717, 1.165) is 78.3 Å². The topological polar surface area (TPSA) is 76.4 Å². The van der Waals surface area contributed by atoms with Crippen LogP contribution in [0.4, 0.5) is 0 Å². The highest BCUT2D eigenvalue weighted by molar-refractivity contribution is 5.77. The molecule has 0 N–H and O–H groups in total. The Labute approximate surface area is 267 Å². The van der Waals surface area contributed by atoms with Gasteiger partial charge in [-0.2, -0.15) is 5.26 Å². The molecule has 0 fully saturated rings. The van der Waals surface area contributed by atoms with Crippen LogP contribution >= 0.6 is 0 Å². The summed E-state index contributed by atoms with van der Waals surface area (Å²) < 4.78 is 11.1. The molecule has 5 heteroatoms. The third-order valence-electron chi connectivity index (χ3n) is 7.46. The summed E-state index contributed by atoms with van der Waals surface area (Å²) in [6.45, 7) is 11.8. The summed E-state index contributed by atoms with van der Waals surface area (Å²) in [5.41, 5.74) is 6.97. The first-order chi connectivity index (χ1) is 21.7. The van der Waals surface area contributed by atoms with E-state index in [2.05, 4.69) is 25.1 Å². The molecule has 0 aliphatic heterocycles. The summed E-state index contributed by atoms with van der Waals surface area (Å²) in [4.78, 5) is 24.6. The van der Waals surface area contributed by atoms with Crippen LogP contribution in [0, 0.1) is 37.5 Å². The van der Waals surface area contributed by atoms with Gasteiger partial charge >= 0.3 is 11.9 Å². The molecule has 3 aromatic rings. The first-order valence-corrected chi connectivity index (χ1v) is 15.4. The summed E-state index contributed by atoms with van der Waals surface area (Å²) in [7, 11) is 0. The van der Waals surface area contributed by atoms with Crippen LogP contribution in [0.5, 0.6) is 11.5 Å². The number of aryl methyl sites for hydroxylation is 2. The zero-order chi connectivity index (χ0) is 32.6. The van der Waals surface area contributed by atoms with E-state index >= 15 is 0 Å². The van der Waals surface area contributed by atoms with Gasteiger partial charge in [0.2, 0.25) is 0 Å². The fourth-order valence-electron chi connectivity index (χ4n) is 4.93. The molecule has 0 aromatic heterocycles. The molecule has 0 amide bonds. The van der Waals surface area contributed by atoms with Gasteiger partial charge in [0, 0.05) is 18.4 Å². The largest absolute Gasteiger partial charge is 0.427 e. The molecular weight excluding hydrogens is 558 g/mol. The third kappa shape index (κ3) is 11.5. The van der Waals surface area contributed by atoms with Crippen LogP contribution in [0.3, 0.4) is 0 Å². The number of allylic oxidation sites excluding steroid dienone is 4. The van der Waals surface area contributed by atoms with Gasteiger partial charge in [-0.05, 0) is 103 Å². The lowest BCUT2D eigenvalue weighted by Gasteiger charge is -2.10. The monoisotopic (exact) mass is 599 g/mol. The molecule has 0 spiro atoms. The van der Waals surface area contributed by atoms with E-state index in [9.17, 15) is 9.59 Å². The van der Waals surface area contributed by atoms with Crippen molar-refractivity contribution in [3.8, 4) is 41.0 Å². The zero-order valence-corrected chi connectivity index (χ0v) is 26.4. The highest BCUT2D eigenvalue weighted by Crippen LogP contribution is 2.28. The van der Waals surface area contributed by atoms with Crippen LogP contribution in [0.25, 0.3) is 16.7 Å². The molecule has 0 atom stereocenters.